The number of thioether (sulfide) groups is 1. The molecule has 1 fully saturated rings. The first kappa shape index (κ1) is 17.9. The molecule has 4 rings (SSSR count). The summed E-state index contributed by atoms with van der Waals surface area (Å²) in [6.45, 7) is 3.98. The minimum atomic E-state index is 0.0306. The van der Waals surface area contributed by atoms with E-state index in [9.17, 15) is 4.79 Å². The van der Waals surface area contributed by atoms with Crippen LogP contribution in [0.25, 0.3) is 17.1 Å². The van der Waals surface area contributed by atoms with Gasteiger partial charge in [0.1, 0.15) is 5.76 Å². The van der Waals surface area contributed by atoms with E-state index in [1.807, 2.05) is 47.9 Å². The average molecular weight is 382 g/mol. The molecule has 1 saturated carbocycles. The highest BCUT2D eigenvalue weighted by Crippen LogP contribution is 2.33. The van der Waals surface area contributed by atoms with E-state index >= 15 is 0 Å². The van der Waals surface area contributed by atoms with Gasteiger partial charge in [-0.1, -0.05) is 30.0 Å². The number of amides is 1. The van der Waals surface area contributed by atoms with Crippen molar-refractivity contribution >= 4 is 17.7 Å². The zero-order valence-electron chi connectivity index (χ0n) is 15.4. The van der Waals surface area contributed by atoms with Crippen molar-refractivity contribution in [1.82, 2.24) is 20.1 Å². The summed E-state index contributed by atoms with van der Waals surface area (Å²) in [4.78, 5) is 12.3. The molecular formula is C20H22N4O2S. The Morgan fingerprint density at radius 2 is 2.07 bits per heavy atom. The number of hydrogen-bond acceptors (Lipinski definition) is 5. The molecule has 3 aromatic rings. The monoisotopic (exact) mass is 382 g/mol. The van der Waals surface area contributed by atoms with Crippen LogP contribution < -0.4 is 5.32 Å². The minimum absolute atomic E-state index is 0.0306. The predicted octanol–water partition coefficient (Wildman–Crippen LogP) is 3.84. The fraction of sp³-hybridized carbons (Fsp3) is 0.350. The van der Waals surface area contributed by atoms with Gasteiger partial charge in [-0.2, -0.15) is 0 Å². The average Bonchev–Trinajstić information content (AvgIpc) is 3.32. The molecule has 1 atom stereocenters. The summed E-state index contributed by atoms with van der Waals surface area (Å²) in [5.41, 5.74) is 1.84. The van der Waals surface area contributed by atoms with Gasteiger partial charge < -0.3 is 9.73 Å². The topological polar surface area (TPSA) is 72.9 Å². The first-order valence-electron chi connectivity index (χ1n) is 9.11. The number of benzene rings is 1. The summed E-state index contributed by atoms with van der Waals surface area (Å²) in [7, 11) is 0. The summed E-state index contributed by atoms with van der Waals surface area (Å²) < 4.78 is 7.41. The lowest BCUT2D eigenvalue weighted by Gasteiger charge is -2.13. The number of aromatic nitrogens is 3. The second-order valence-corrected chi connectivity index (χ2v) is 7.79. The fourth-order valence-electron chi connectivity index (χ4n) is 3.10. The first-order valence-corrected chi connectivity index (χ1v) is 10.1. The molecule has 1 N–H and O–H groups in total. The van der Waals surface area contributed by atoms with Crippen molar-refractivity contribution in [3.63, 3.8) is 0 Å². The number of carbonyl (C=O) groups is 1. The van der Waals surface area contributed by atoms with Crippen molar-refractivity contribution in [3.05, 3.63) is 48.4 Å². The molecule has 2 aromatic heterocycles. The number of carbonyl (C=O) groups excluding carboxylic acids is 1. The highest BCUT2D eigenvalue weighted by Gasteiger charge is 2.29. The van der Waals surface area contributed by atoms with E-state index in [0.29, 0.717) is 22.7 Å². The van der Waals surface area contributed by atoms with Gasteiger partial charge in [0.2, 0.25) is 5.91 Å². The Kier molecular flexibility index (Phi) is 5.03. The Hall–Kier alpha value is -2.54. The van der Waals surface area contributed by atoms with Crippen molar-refractivity contribution in [2.24, 2.45) is 5.92 Å². The van der Waals surface area contributed by atoms with Crippen LogP contribution in [0.1, 0.15) is 25.5 Å². The van der Waals surface area contributed by atoms with Crippen LogP contribution in [0.3, 0.4) is 0 Å². The number of rotatable bonds is 7. The number of para-hydroxylation sites is 1. The van der Waals surface area contributed by atoms with E-state index in [1.54, 1.807) is 6.26 Å². The molecule has 0 unspecified atom stereocenters. The molecule has 1 aliphatic rings. The molecule has 0 spiro atoms. The van der Waals surface area contributed by atoms with E-state index in [4.69, 9.17) is 4.42 Å². The number of furan rings is 1. The largest absolute Gasteiger partial charge is 0.469 e. The highest BCUT2D eigenvalue weighted by molar-refractivity contribution is 7.99. The van der Waals surface area contributed by atoms with Crippen LogP contribution in [0.5, 0.6) is 0 Å². The number of hydrogen-bond donors (Lipinski definition) is 1. The zero-order valence-corrected chi connectivity index (χ0v) is 16.2. The smallest absolute Gasteiger partial charge is 0.230 e. The summed E-state index contributed by atoms with van der Waals surface area (Å²) in [6, 6.07) is 12.0. The van der Waals surface area contributed by atoms with E-state index in [1.165, 1.54) is 24.6 Å². The van der Waals surface area contributed by atoms with Crippen LogP contribution in [0.2, 0.25) is 0 Å². The van der Waals surface area contributed by atoms with Crippen molar-refractivity contribution in [2.75, 3.05) is 5.75 Å². The van der Waals surface area contributed by atoms with E-state index in [-0.39, 0.29) is 11.9 Å². The third-order valence-corrected chi connectivity index (χ3v) is 5.73. The maximum Gasteiger partial charge on any atom is 0.230 e. The summed E-state index contributed by atoms with van der Waals surface area (Å²) in [5.74, 6) is 2.48. The molecule has 140 valence electrons. The fourth-order valence-corrected chi connectivity index (χ4v) is 3.87. The van der Waals surface area contributed by atoms with Gasteiger partial charge in [-0.25, -0.2) is 0 Å². The van der Waals surface area contributed by atoms with Gasteiger partial charge in [-0.15, -0.1) is 10.2 Å². The molecule has 27 heavy (non-hydrogen) atoms. The van der Waals surface area contributed by atoms with Crippen LogP contribution in [0.4, 0.5) is 0 Å². The van der Waals surface area contributed by atoms with Gasteiger partial charge in [0.05, 0.1) is 17.6 Å². The van der Waals surface area contributed by atoms with E-state index in [0.717, 1.165) is 17.0 Å². The van der Waals surface area contributed by atoms with Crippen LogP contribution in [0.15, 0.2) is 52.2 Å². The number of nitrogens with zero attached hydrogens (tertiary/aromatic N) is 3. The lowest BCUT2D eigenvalue weighted by Crippen LogP contribution is -2.35. The SMILES string of the molecule is Cc1occc1-c1nnc(SCC(=O)N[C@@H](C)C2CC2)n1-c1ccccc1. The van der Waals surface area contributed by atoms with Crippen LogP contribution in [-0.2, 0) is 4.79 Å². The highest BCUT2D eigenvalue weighted by atomic mass is 32.2. The lowest BCUT2D eigenvalue weighted by atomic mass is 10.2. The third-order valence-electron chi connectivity index (χ3n) is 4.80. The van der Waals surface area contributed by atoms with Gasteiger partial charge in [0.15, 0.2) is 11.0 Å². The maximum atomic E-state index is 12.3. The maximum absolute atomic E-state index is 12.3. The Morgan fingerprint density at radius 1 is 1.30 bits per heavy atom. The molecule has 0 radical (unpaired) electrons. The molecule has 0 aliphatic heterocycles. The predicted molar refractivity (Wildman–Crippen MR) is 105 cm³/mol. The van der Waals surface area contributed by atoms with Crippen LogP contribution in [-0.4, -0.2) is 32.5 Å². The zero-order chi connectivity index (χ0) is 18.8. The van der Waals surface area contributed by atoms with E-state index < -0.39 is 0 Å². The molecule has 1 aromatic carbocycles. The second kappa shape index (κ2) is 7.60. The molecule has 1 amide bonds. The van der Waals surface area contributed by atoms with Gasteiger partial charge in [0.25, 0.3) is 0 Å². The number of nitrogens with one attached hydrogen (secondary N) is 1. The Labute approximate surface area is 162 Å². The number of aryl methyl sites for hydroxylation is 1. The molecule has 2 heterocycles. The summed E-state index contributed by atoms with van der Waals surface area (Å²) in [5, 5.41) is 12.5. The van der Waals surface area contributed by atoms with Gasteiger partial charge in [-0.3, -0.25) is 9.36 Å². The Balaban J connectivity index is 1.58. The molecular weight excluding hydrogens is 360 g/mol. The molecule has 0 bridgehead atoms. The minimum Gasteiger partial charge on any atom is -0.469 e. The molecule has 6 nitrogen and oxygen atoms in total. The van der Waals surface area contributed by atoms with Crippen LogP contribution in [0, 0.1) is 12.8 Å². The quantitative estimate of drug-likeness (QED) is 0.629. The van der Waals surface area contributed by atoms with Gasteiger partial charge in [0, 0.05) is 11.7 Å². The second-order valence-electron chi connectivity index (χ2n) is 6.85. The lowest BCUT2D eigenvalue weighted by molar-refractivity contribution is -0.119. The summed E-state index contributed by atoms with van der Waals surface area (Å²) in [6.07, 6.45) is 4.07. The molecule has 0 saturated heterocycles. The molecule has 7 heteroatoms. The van der Waals surface area contributed by atoms with Crippen molar-refractivity contribution in [2.45, 2.75) is 37.9 Å². The Bertz CT molecular complexity index is 931. The van der Waals surface area contributed by atoms with E-state index in [2.05, 4.69) is 22.4 Å². The van der Waals surface area contributed by atoms with Gasteiger partial charge >= 0.3 is 0 Å². The normalized spacial score (nSPS) is 14.9. The Morgan fingerprint density at radius 3 is 2.74 bits per heavy atom. The van der Waals surface area contributed by atoms with Crippen LogP contribution >= 0.6 is 11.8 Å². The van der Waals surface area contributed by atoms with Crippen molar-refractivity contribution in [3.8, 4) is 17.1 Å². The van der Waals surface area contributed by atoms with Gasteiger partial charge in [-0.05, 0) is 50.8 Å². The first-order chi connectivity index (χ1) is 13.1. The molecule has 1 aliphatic carbocycles. The standard InChI is InChI=1S/C20H22N4O2S/c1-13(15-8-9-15)21-18(25)12-27-20-23-22-19(17-10-11-26-14(17)2)24(20)16-6-4-3-5-7-16/h3-7,10-11,13,15H,8-9,12H2,1-2H3,(H,21,25)/t13-/m0/s1. The third kappa shape index (κ3) is 3.93. The van der Waals surface area contributed by atoms with Crippen molar-refractivity contribution in [1.29, 1.82) is 0 Å². The van der Waals surface area contributed by atoms with Crippen molar-refractivity contribution < 1.29 is 9.21 Å². The summed E-state index contributed by atoms with van der Waals surface area (Å²) >= 11 is 1.39.